The van der Waals surface area contributed by atoms with Crippen molar-refractivity contribution in [2.24, 2.45) is 13.0 Å². The zero-order chi connectivity index (χ0) is 22.8. The summed E-state index contributed by atoms with van der Waals surface area (Å²) in [7, 11) is 1.90. The van der Waals surface area contributed by atoms with Crippen molar-refractivity contribution in [1.82, 2.24) is 20.2 Å². The Kier molecular flexibility index (Phi) is 5.82. The number of hydrogen-bond donors (Lipinski definition) is 2. The molecule has 33 heavy (non-hydrogen) atoms. The Morgan fingerprint density at radius 3 is 2.52 bits per heavy atom. The molecular formula is C27H28N4O2. The van der Waals surface area contributed by atoms with E-state index in [4.69, 9.17) is 0 Å². The van der Waals surface area contributed by atoms with E-state index in [1.165, 1.54) is 0 Å². The molecule has 0 spiro atoms. The van der Waals surface area contributed by atoms with Gasteiger partial charge in [0.1, 0.15) is 5.69 Å². The molecule has 0 unspecified atom stereocenters. The van der Waals surface area contributed by atoms with Crippen molar-refractivity contribution >= 4 is 33.5 Å². The third kappa shape index (κ3) is 4.33. The molecule has 1 fully saturated rings. The molecule has 0 radical (unpaired) electrons. The lowest BCUT2D eigenvalue weighted by Gasteiger charge is -2.31. The summed E-state index contributed by atoms with van der Waals surface area (Å²) in [5, 5.41) is 9.42. The Morgan fingerprint density at radius 1 is 0.970 bits per heavy atom. The highest BCUT2D eigenvalue weighted by Gasteiger charge is 2.32. The Labute approximate surface area is 193 Å². The molecule has 4 aromatic rings. The van der Waals surface area contributed by atoms with E-state index in [0.717, 1.165) is 53.1 Å². The Bertz CT molecular complexity index is 1330. The molecule has 2 amide bonds. The molecule has 168 valence electrons. The van der Waals surface area contributed by atoms with Crippen LogP contribution >= 0.6 is 0 Å². The standard InChI is InChI=1S/C27H28N4O2/c1-31-24-13-7-4-9-19(24)15-25(31)27(33)30-23-12-6-5-11-22(23)26(32)29-17-21-14-18-8-2-3-10-20(18)16-28-21/h2-4,7-10,13-16,22-23H,5-6,11-12,17H2,1H3,(H,29,32)(H,30,33)/t22-,23+/m1/s1. The molecule has 2 aromatic heterocycles. The van der Waals surface area contributed by atoms with Gasteiger partial charge in [-0.05, 0) is 36.4 Å². The summed E-state index contributed by atoms with van der Waals surface area (Å²) in [6, 6.07) is 19.7. The normalized spacial score (nSPS) is 18.3. The van der Waals surface area contributed by atoms with Gasteiger partial charge in [0.25, 0.3) is 5.91 Å². The SMILES string of the molecule is Cn1c(C(=O)N[C@H]2CCCC[C@H]2C(=O)NCc2cc3ccccc3cn2)cc2ccccc21. The highest BCUT2D eigenvalue weighted by molar-refractivity contribution is 5.99. The summed E-state index contributed by atoms with van der Waals surface area (Å²) in [4.78, 5) is 30.7. The first-order valence-corrected chi connectivity index (χ1v) is 11.6. The number of fused-ring (bicyclic) bond motifs is 2. The first-order valence-electron chi connectivity index (χ1n) is 11.6. The van der Waals surface area contributed by atoms with Gasteiger partial charge in [0.15, 0.2) is 0 Å². The second-order valence-corrected chi connectivity index (χ2v) is 8.86. The van der Waals surface area contributed by atoms with Crippen molar-refractivity contribution in [3.05, 3.63) is 78.2 Å². The van der Waals surface area contributed by atoms with Crippen molar-refractivity contribution in [2.75, 3.05) is 0 Å². The Morgan fingerprint density at radius 2 is 1.70 bits per heavy atom. The molecule has 6 heteroatoms. The number of hydrogen-bond acceptors (Lipinski definition) is 3. The van der Waals surface area contributed by atoms with E-state index < -0.39 is 0 Å². The van der Waals surface area contributed by atoms with Crippen LogP contribution < -0.4 is 10.6 Å². The number of aryl methyl sites for hydroxylation is 1. The van der Waals surface area contributed by atoms with E-state index in [1.807, 2.05) is 78.5 Å². The summed E-state index contributed by atoms with van der Waals surface area (Å²) in [5.74, 6) is -0.389. The quantitative estimate of drug-likeness (QED) is 0.485. The van der Waals surface area contributed by atoms with Crippen LogP contribution in [0.4, 0.5) is 0 Å². The third-order valence-electron chi connectivity index (χ3n) is 6.73. The molecule has 0 saturated heterocycles. The Hall–Kier alpha value is -3.67. The highest BCUT2D eigenvalue weighted by atomic mass is 16.2. The topological polar surface area (TPSA) is 76.0 Å². The fourth-order valence-electron chi connectivity index (χ4n) is 4.90. The number of nitrogens with one attached hydrogen (secondary N) is 2. The molecule has 0 bridgehead atoms. The minimum atomic E-state index is -0.238. The minimum absolute atomic E-state index is 0.0213. The van der Waals surface area contributed by atoms with Gasteiger partial charge in [0.2, 0.25) is 5.91 Å². The van der Waals surface area contributed by atoms with Gasteiger partial charge in [0.05, 0.1) is 18.2 Å². The van der Waals surface area contributed by atoms with Crippen molar-refractivity contribution in [1.29, 1.82) is 0 Å². The summed E-state index contributed by atoms with van der Waals surface area (Å²) in [5.41, 5.74) is 2.46. The zero-order valence-corrected chi connectivity index (χ0v) is 18.8. The van der Waals surface area contributed by atoms with E-state index >= 15 is 0 Å². The second kappa shape index (κ2) is 9.06. The molecule has 1 saturated carbocycles. The van der Waals surface area contributed by atoms with Crippen LogP contribution in [0, 0.1) is 5.92 Å². The number of para-hydroxylation sites is 1. The van der Waals surface area contributed by atoms with Gasteiger partial charge < -0.3 is 15.2 Å². The Balaban J connectivity index is 1.26. The molecule has 6 nitrogen and oxygen atoms in total. The predicted octanol–water partition coefficient (Wildman–Crippen LogP) is 4.33. The molecule has 1 aliphatic carbocycles. The summed E-state index contributed by atoms with van der Waals surface area (Å²) < 4.78 is 1.91. The fourth-order valence-corrected chi connectivity index (χ4v) is 4.90. The number of benzene rings is 2. The number of carbonyl (C=O) groups excluding carboxylic acids is 2. The fraction of sp³-hybridized carbons (Fsp3) is 0.296. The van der Waals surface area contributed by atoms with Gasteiger partial charge in [-0.3, -0.25) is 14.6 Å². The van der Waals surface area contributed by atoms with Gasteiger partial charge >= 0.3 is 0 Å². The lowest BCUT2D eigenvalue weighted by molar-refractivity contribution is -0.126. The monoisotopic (exact) mass is 440 g/mol. The van der Waals surface area contributed by atoms with Crippen LogP contribution in [0.25, 0.3) is 21.7 Å². The molecule has 5 rings (SSSR count). The maximum absolute atomic E-state index is 13.1. The highest BCUT2D eigenvalue weighted by Crippen LogP contribution is 2.26. The number of pyridine rings is 1. The lowest BCUT2D eigenvalue weighted by atomic mass is 9.83. The van der Waals surface area contributed by atoms with E-state index in [1.54, 1.807) is 0 Å². The van der Waals surface area contributed by atoms with Gasteiger partial charge in [-0.25, -0.2) is 0 Å². The van der Waals surface area contributed by atoms with E-state index in [0.29, 0.717) is 12.2 Å². The number of rotatable bonds is 5. The van der Waals surface area contributed by atoms with Crippen LogP contribution in [0.1, 0.15) is 41.9 Å². The number of nitrogens with zero attached hydrogens (tertiary/aromatic N) is 2. The lowest BCUT2D eigenvalue weighted by Crippen LogP contribution is -2.48. The van der Waals surface area contributed by atoms with Gasteiger partial charge in [0, 0.05) is 35.6 Å². The minimum Gasteiger partial charge on any atom is -0.350 e. The van der Waals surface area contributed by atoms with Crippen molar-refractivity contribution in [2.45, 2.75) is 38.3 Å². The number of aromatic nitrogens is 2. The molecule has 2 N–H and O–H groups in total. The largest absolute Gasteiger partial charge is 0.350 e. The smallest absolute Gasteiger partial charge is 0.268 e. The molecule has 1 aliphatic rings. The average Bonchev–Trinajstić information content (AvgIpc) is 3.19. The van der Waals surface area contributed by atoms with Crippen LogP contribution in [-0.4, -0.2) is 27.4 Å². The molecule has 2 atom stereocenters. The van der Waals surface area contributed by atoms with Crippen molar-refractivity contribution in [3.63, 3.8) is 0 Å². The first-order chi connectivity index (χ1) is 16.1. The van der Waals surface area contributed by atoms with E-state index in [2.05, 4.69) is 15.6 Å². The molecular weight excluding hydrogens is 412 g/mol. The average molecular weight is 441 g/mol. The van der Waals surface area contributed by atoms with Crippen LogP contribution in [0.15, 0.2) is 66.9 Å². The molecule has 2 heterocycles. The van der Waals surface area contributed by atoms with E-state index in [-0.39, 0.29) is 23.8 Å². The summed E-state index contributed by atoms with van der Waals surface area (Å²) in [6.07, 6.45) is 5.42. The maximum Gasteiger partial charge on any atom is 0.268 e. The second-order valence-electron chi connectivity index (χ2n) is 8.86. The maximum atomic E-state index is 13.1. The van der Waals surface area contributed by atoms with Gasteiger partial charge in [-0.15, -0.1) is 0 Å². The number of amides is 2. The van der Waals surface area contributed by atoms with Crippen LogP contribution in [-0.2, 0) is 18.4 Å². The van der Waals surface area contributed by atoms with Crippen molar-refractivity contribution in [3.8, 4) is 0 Å². The van der Waals surface area contributed by atoms with E-state index in [9.17, 15) is 9.59 Å². The van der Waals surface area contributed by atoms with Crippen molar-refractivity contribution < 1.29 is 9.59 Å². The third-order valence-corrected chi connectivity index (χ3v) is 6.73. The first kappa shape index (κ1) is 21.2. The molecule has 2 aromatic carbocycles. The number of carbonyl (C=O) groups is 2. The molecule has 0 aliphatic heterocycles. The zero-order valence-electron chi connectivity index (χ0n) is 18.8. The predicted molar refractivity (Wildman–Crippen MR) is 130 cm³/mol. The van der Waals surface area contributed by atoms with Crippen LogP contribution in [0.3, 0.4) is 0 Å². The summed E-state index contributed by atoms with van der Waals surface area (Å²) in [6.45, 7) is 0.379. The van der Waals surface area contributed by atoms with Gasteiger partial charge in [-0.2, -0.15) is 0 Å². The summed E-state index contributed by atoms with van der Waals surface area (Å²) >= 11 is 0. The van der Waals surface area contributed by atoms with Crippen LogP contribution in [0.2, 0.25) is 0 Å². The van der Waals surface area contributed by atoms with Gasteiger partial charge in [-0.1, -0.05) is 55.3 Å². The van der Waals surface area contributed by atoms with Crippen LogP contribution in [0.5, 0.6) is 0 Å².